The highest BCUT2D eigenvalue weighted by molar-refractivity contribution is 6.11. The van der Waals surface area contributed by atoms with E-state index in [0.29, 0.717) is 23.7 Å². The van der Waals surface area contributed by atoms with Gasteiger partial charge in [0.05, 0.1) is 19.3 Å². The summed E-state index contributed by atoms with van der Waals surface area (Å²) in [5.74, 6) is 0.0950. The minimum Gasteiger partial charge on any atom is -0.497 e. The van der Waals surface area contributed by atoms with Crippen molar-refractivity contribution in [2.24, 2.45) is 0 Å². The summed E-state index contributed by atoms with van der Waals surface area (Å²) >= 11 is 0. The van der Waals surface area contributed by atoms with Crippen molar-refractivity contribution in [3.05, 3.63) is 77.6 Å². The van der Waals surface area contributed by atoms with Crippen molar-refractivity contribution in [2.45, 2.75) is 51.7 Å². The van der Waals surface area contributed by atoms with Gasteiger partial charge in [-0.2, -0.15) is 5.10 Å². The van der Waals surface area contributed by atoms with Crippen molar-refractivity contribution in [2.75, 3.05) is 12.0 Å². The van der Waals surface area contributed by atoms with Gasteiger partial charge in [-0.15, -0.1) is 0 Å². The standard InChI is InChI=1S/C26H30N4O3/c1-25(2,3)22-15-21-23(31)30(19-12-9-13-20(14-19)33-5)26(4,17-29(21)28-22)24(32)27-16-18-10-7-6-8-11-18/h6-15H,16-17H2,1-5H3,(H,27,32)/t26-/m1/s1. The maximum absolute atomic E-state index is 13.8. The molecule has 0 fully saturated rings. The van der Waals surface area contributed by atoms with Crippen LogP contribution in [0.4, 0.5) is 5.69 Å². The number of hydrogen-bond acceptors (Lipinski definition) is 4. The second-order valence-corrected chi connectivity index (χ2v) is 9.61. The first kappa shape index (κ1) is 22.6. The van der Waals surface area contributed by atoms with Crippen LogP contribution in [0, 0.1) is 0 Å². The molecule has 0 aliphatic carbocycles. The average molecular weight is 447 g/mol. The largest absolute Gasteiger partial charge is 0.497 e. The highest BCUT2D eigenvalue weighted by Crippen LogP contribution is 2.35. The number of nitrogens with zero attached hydrogens (tertiary/aromatic N) is 3. The SMILES string of the molecule is COc1cccc(N2C(=O)c3cc(C(C)(C)C)nn3C[C@]2(C)C(=O)NCc2ccccc2)c1. The van der Waals surface area contributed by atoms with Crippen LogP contribution in [0.15, 0.2) is 60.7 Å². The second kappa shape index (κ2) is 8.39. The first-order chi connectivity index (χ1) is 15.6. The van der Waals surface area contributed by atoms with Crippen LogP contribution in [0.1, 0.15) is 49.4 Å². The average Bonchev–Trinajstić information content (AvgIpc) is 3.23. The number of ether oxygens (including phenoxy) is 1. The van der Waals surface area contributed by atoms with Crippen molar-refractivity contribution in [3.63, 3.8) is 0 Å². The van der Waals surface area contributed by atoms with Crippen LogP contribution in [0.2, 0.25) is 0 Å². The molecule has 0 unspecified atom stereocenters. The number of hydrogen-bond donors (Lipinski definition) is 1. The fraction of sp³-hybridized carbons (Fsp3) is 0.346. The van der Waals surface area contributed by atoms with E-state index in [4.69, 9.17) is 9.84 Å². The molecule has 1 N–H and O–H groups in total. The number of carbonyl (C=O) groups is 2. The predicted molar refractivity (Wildman–Crippen MR) is 127 cm³/mol. The Hall–Kier alpha value is -3.61. The number of rotatable bonds is 5. The Kier molecular flexibility index (Phi) is 5.74. The molecule has 3 aromatic rings. The molecule has 7 nitrogen and oxygen atoms in total. The molecule has 1 aliphatic heterocycles. The van der Waals surface area contributed by atoms with Crippen molar-refractivity contribution in [1.29, 1.82) is 0 Å². The number of fused-ring (bicyclic) bond motifs is 1. The van der Waals surface area contributed by atoms with Crippen molar-refractivity contribution in [1.82, 2.24) is 15.1 Å². The van der Waals surface area contributed by atoms with Gasteiger partial charge in [-0.1, -0.05) is 57.2 Å². The summed E-state index contributed by atoms with van der Waals surface area (Å²) in [7, 11) is 1.58. The molecule has 0 radical (unpaired) electrons. The van der Waals surface area contributed by atoms with E-state index < -0.39 is 5.54 Å². The Morgan fingerprint density at radius 2 is 1.85 bits per heavy atom. The highest BCUT2D eigenvalue weighted by atomic mass is 16.5. The number of nitrogens with one attached hydrogen (secondary N) is 1. The van der Waals surface area contributed by atoms with Crippen LogP contribution < -0.4 is 15.0 Å². The van der Waals surface area contributed by atoms with E-state index >= 15 is 0 Å². The summed E-state index contributed by atoms with van der Waals surface area (Å²) in [4.78, 5) is 29.0. The van der Waals surface area contributed by atoms with E-state index in [1.165, 1.54) is 0 Å². The predicted octanol–water partition coefficient (Wildman–Crippen LogP) is 3.92. The van der Waals surface area contributed by atoms with Gasteiger partial charge in [-0.05, 0) is 30.7 Å². The van der Waals surface area contributed by atoms with Gasteiger partial charge in [0.25, 0.3) is 5.91 Å². The first-order valence-corrected chi connectivity index (χ1v) is 11.0. The van der Waals surface area contributed by atoms with E-state index in [2.05, 4.69) is 26.1 Å². The maximum atomic E-state index is 13.8. The van der Waals surface area contributed by atoms with Gasteiger partial charge in [-0.3, -0.25) is 19.2 Å². The Labute approximate surface area is 194 Å². The number of carbonyl (C=O) groups excluding carboxylic acids is 2. The Balaban J connectivity index is 1.76. The molecule has 2 aromatic carbocycles. The maximum Gasteiger partial charge on any atom is 0.277 e. The van der Waals surface area contributed by atoms with E-state index in [0.717, 1.165) is 11.3 Å². The number of anilines is 1. The van der Waals surface area contributed by atoms with E-state index in [1.807, 2.05) is 54.6 Å². The smallest absolute Gasteiger partial charge is 0.277 e. The Morgan fingerprint density at radius 1 is 1.12 bits per heavy atom. The summed E-state index contributed by atoms with van der Waals surface area (Å²) in [5.41, 5.74) is 1.45. The third-order valence-electron chi connectivity index (χ3n) is 6.02. The number of aromatic nitrogens is 2. The lowest BCUT2D eigenvalue weighted by molar-refractivity contribution is -0.126. The van der Waals surface area contributed by atoms with Crippen molar-refractivity contribution in [3.8, 4) is 5.75 Å². The van der Waals surface area contributed by atoms with Crippen LogP contribution in [0.25, 0.3) is 0 Å². The van der Waals surface area contributed by atoms with Gasteiger partial charge >= 0.3 is 0 Å². The summed E-state index contributed by atoms with van der Waals surface area (Å²) in [6, 6.07) is 18.8. The third kappa shape index (κ3) is 4.23. The molecule has 172 valence electrons. The number of amides is 2. The minimum atomic E-state index is -1.19. The lowest BCUT2D eigenvalue weighted by atomic mass is 9.91. The summed E-state index contributed by atoms with van der Waals surface area (Å²) < 4.78 is 7.05. The lowest BCUT2D eigenvalue weighted by Crippen LogP contribution is -2.64. The lowest BCUT2D eigenvalue weighted by Gasteiger charge is -2.43. The highest BCUT2D eigenvalue weighted by Gasteiger charge is 2.49. The van der Waals surface area contributed by atoms with Gasteiger partial charge in [0, 0.05) is 23.7 Å². The molecule has 2 amide bonds. The summed E-state index contributed by atoms with van der Waals surface area (Å²) in [6.45, 7) is 8.55. The quantitative estimate of drug-likeness (QED) is 0.644. The Bertz CT molecular complexity index is 1180. The zero-order valence-corrected chi connectivity index (χ0v) is 19.8. The molecule has 7 heteroatoms. The van der Waals surface area contributed by atoms with Crippen LogP contribution in [0.3, 0.4) is 0 Å². The molecule has 1 aromatic heterocycles. The summed E-state index contributed by atoms with van der Waals surface area (Å²) in [5, 5.41) is 7.72. The minimum absolute atomic E-state index is 0.225. The Morgan fingerprint density at radius 3 is 2.52 bits per heavy atom. The van der Waals surface area contributed by atoms with Crippen molar-refractivity contribution >= 4 is 17.5 Å². The first-order valence-electron chi connectivity index (χ1n) is 11.0. The van der Waals surface area contributed by atoms with Gasteiger partial charge < -0.3 is 10.1 Å². The van der Waals surface area contributed by atoms with E-state index in [1.54, 1.807) is 29.7 Å². The fourth-order valence-electron chi connectivity index (χ4n) is 4.07. The van der Waals surface area contributed by atoms with Crippen LogP contribution in [-0.4, -0.2) is 34.2 Å². The molecule has 1 atom stereocenters. The molecule has 0 saturated carbocycles. The number of methoxy groups -OCH3 is 1. The molecule has 0 spiro atoms. The fourth-order valence-corrected chi connectivity index (χ4v) is 4.07. The molecule has 0 bridgehead atoms. The van der Waals surface area contributed by atoms with Crippen LogP contribution in [0.5, 0.6) is 5.75 Å². The van der Waals surface area contributed by atoms with Gasteiger partial charge in [0.2, 0.25) is 5.91 Å². The topological polar surface area (TPSA) is 76.5 Å². The monoisotopic (exact) mass is 446 g/mol. The van der Waals surface area contributed by atoms with Gasteiger partial charge in [0.1, 0.15) is 17.0 Å². The number of benzene rings is 2. The molecule has 33 heavy (non-hydrogen) atoms. The van der Waals surface area contributed by atoms with Gasteiger partial charge in [-0.25, -0.2) is 0 Å². The van der Waals surface area contributed by atoms with Crippen LogP contribution in [-0.2, 0) is 23.3 Å². The molecule has 0 saturated heterocycles. The molecule has 4 rings (SSSR count). The summed E-state index contributed by atoms with van der Waals surface area (Å²) in [6.07, 6.45) is 0. The molecular weight excluding hydrogens is 416 g/mol. The molecule has 2 heterocycles. The van der Waals surface area contributed by atoms with E-state index in [9.17, 15) is 9.59 Å². The molecular formula is C26H30N4O3. The van der Waals surface area contributed by atoms with E-state index in [-0.39, 0.29) is 23.8 Å². The normalized spacial score (nSPS) is 18.1. The molecule has 1 aliphatic rings. The second-order valence-electron chi connectivity index (χ2n) is 9.61. The third-order valence-corrected chi connectivity index (χ3v) is 6.02. The van der Waals surface area contributed by atoms with Crippen LogP contribution >= 0.6 is 0 Å². The zero-order chi connectivity index (χ0) is 23.8. The van der Waals surface area contributed by atoms with Crippen molar-refractivity contribution < 1.29 is 14.3 Å². The van der Waals surface area contributed by atoms with Gasteiger partial charge in [0.15, 0.2) is 0 Å². The zero-order valence-electron chi connectivity index (χ0n) is 19.8.